The number of hydrazone groups is 1. The van der Waals surface area contributed by atoms with Crippen LogP contribution < -0.4 is 14.8 Å². The van der Waals surface area contributed by atoms with Crippen LogP contribution in [0.5, 0.6) is 11.5 Å². The van der Waals surface area contributed by atoms with Crippen LogP contribution in [-0.4, -0.2) is 60.8 Å². The fraction of sp³-hybridized carbons (Fsp3) is 0.464. The zero-order valence-corrected chi connectivity index (χ0v) is 21.9. The van der Waals surface area contributed by atoms with Crippen molar-refractivity contribution < 1.29 is 19.1 Å². The van der Waals surface area contributed by atoms with Crippen molar-refractivity contribution in [2.75, 3.05) is 38.7 Å². The van der Waals surface area contributed by atoms with Gasteiger partial charge in [0.25, 0.3) is 0 Å². The van der Waals surface area contributed by atoms with E-state index in [0.717, 1.165) is 48.6 Å². The summed E-state index contributed by atoms with van der Waals surface area (Å²) in [5, 5.41) is 9.13. The van der Waals surface area contributed by atoms with E-state index >= 15 is 0 Å². The Morgan fingerprint density at radius 3 is 2.47 bits per heavy atom. The van der Waals surface area contributed by atoms with Gasteiger partial charge in [-0.25, -0.2) is 5.01 Å². The molecule has 8 heteroatoms. The third-order valence-electron chi connectivity index (χ3n) is 6.18. The first-order chi connectivity index (χ1) is 17.5. The van der Waals surface area contributed by atoms with Gasteiger partial charge >= 0.3 is 0 Å². The number of hydrogen-bond acceptors (Lipinski definition) is 6. The van der Waals surface area contributed by atoms with E-state index in [-0.39, 0.29) is 11.8 Å². The highest BCUT2D eigenvalue weighted by Gasteiger charge is 2.22. The van der Waals surface area contributed by atoms with Crippen molar-refractivity contribution in [2.24, 2.45) is 5.10 Å². The van der Waals surface area contributed by atoms with Crippen molar-refractivity contribution in [3.05, 3.63) is 53.6 Å². The second-order valence-electron chi connectivity index (χ2n) is 8.73. The zero-order chi connectivity index (χ0) is 25.9. The summed E-state index contributed by atoms with van der Waals surface area (Å²) in [7, 11) is 1.62. The van der Waals surface area contributed by atoms with E-state index in [0.29, 0.717) is 43.9 Å². The predicted molar refractivity (Wildman–Crippen MR) is 143 cm³/mol. The lowest BCUT2D eigenvalue weighted by atomic mass is 10.0. The molecule has 0 spiro atoms. The van der Waals surface area contributed by atoms with Crippen molar-refractivity contribution in [1.82, 2.24) is 9.91 Å². The van der Waals surface area contributed by atoms with Crippen LogP contribution >= 0.6 is 0 Å². The van der Waals surface area contributed by atoms with Crippen LogP contribution in [0.1, 0.15) is 57.6 Å². The summed E-state index contributed by atoms with van der Waals surface area (Å²) in [6.07, 6.45) is 2.33. The number of nitrogens with zero attached hydrogens (tertiary/aromatic N) is 3. The Kier molecular flexibility index (Phi) is 10.3. The van der Waals surface area contributed by atoms with Crippen molar-refractivity contribution >= 4 is 23.2 Å². The summed E-state index contributed by atoms with van der Waals surface area (Å²) in [4.78, 5) is 27.1. The highest BCUT2D eigenvalue weighted by molar-refractivity contribution is 6.04. The second kappa shape index (κ2) is 13.6. The minimum absolute atomic E-state index is 0.00289. The van der Waals surface area contributed by atoms with E-state index < -0.39 is 0 Å². The Morgan fingerprint density at radius 1 is 1.06 bits per heavy atom. The second-order valence-corrected chi connectivity index (χ2v) is 8.73. The molecule has 2 aromatic carbocycles. The van der Waals surface area contributed by atoms with Crippen LogP contribution in [0.3, 0.4) is 0 Å². The van der Waals surface area contributed by atoms with Crippen LogP contribution in [0.2, 0.25) is 0 Å². The number of amides is 2. The molecule has 0 fully saturated rings. The molecule has 0 aromatic heterocycles. The molecule has 0 unspecified atom stereocenters. The number of nitrogens with one attached hydrogen (secondary N) is 1. The molecule has 194 valence electrons. The van der Waals surface area contributed by atoms with E-state index in [1.165, 1.54) is 5.01 Å². The molecular weight excluding hydrogens is 456 g/mol. The molecule has 0 bridgehead atoms. The molecule has 0 atom stereocenters. The number of methoxy groups -OCH3 is 1. The highest BCUT2D eigenvalue weighted by atomic mass is 16.5. The maximum Gasteiger partial charge on any atom is 0.243 e. The quantitative estimate of drug-likeness (QED) is 0.437. The normalized spacial score (nSPS) is 13.5. The van der Waals surface area contributed by atoms with Crippen LogP contribution in [0.15, 0.2) is 47.6 Å². The highest BCUT2D eigenvalue weighted by Crippen LogP contribution is 2.30. The van der Waals surface area contributed by atoms with Crippen LogP contribution in [0, 0.1) is 0 Å². The first kappa shape index (κ1) is 27.2. The average Bonchev–Trinajstić information content (AvgIpc) is 2.90. The molecule has 1 aliphatic rings. The molecule has 0 saturated heterocycles. The Labute approximate surface area is 214 Å². The maximum atomic E-state index is 12.6. The maximum absolute atomic E-state index is 12.6. The van der Waals surface area contributed by atoms with E-state index in [4.69, 9.17) is 9.47 Å². The van der Waals surface area contributed by atoms with Gasteiger partial charge in [0.15, 0.2) is 11.5 Å². The molecule has 0 saturated carbocycles. The lowest BCUT2D eigenvalue weighted by Gasteiger charge is -2.24. The third kappa shape index (κ3) is 7.55. The van der Waals surface area contributed by atoms with Gasteiger partial charge in [-0.05, 0) is 55.4 Å². The molecule has 1 aliphatic heterocycles. The number of hydrogen-bond donors (Lipinski definition) is 1. The first-order valence-electron chi connectivity index (χ1n) is 12.8. The molecule has 36 heavy (non-hydrogen) atoms. The number of anilines is 1. The number of carbonyl (C=O) groups excluding carboxylic acids is 2. The summed E-state index contributed by atoms with van der Waals surface area (Å²) in [6.45, 7) is 9.83. The largest absolute Gasteiger partial charge is 0.493 e. The predicted octanol–water partition coefficient (Wildman–Crippen LogP) is 4.68. The Hall–Kier alpha value is -3.39. The molecular formula is C28H38N4O4. The minimum atomic E-state index is -0.0106. The number of carbonyl (C=O) groups is 2. The van der Waals surface area contributed by atoms with Gasteiger partial charge in [-0.3, -0.25) is 9.59 Å². The molecule has 1 N–H and O–H groups in total. The lowest BCUT2D eigenvalue weighted by Crippen LogP contribution is -2.31. The monoisotopic (exact) mass is 494 g/mol. The average molecular weight is 495 g/mol. The van der Waals surface area contributed by atoms with Gasteiger partial charge < -0.3 is 19.7 Å². The number of benzene rings is 2. The molecule has 1 heterocycles. The van der Waals surface area contributed by atoms with Gasteiger partial charge in [-0.1, -0.05) is 32.9 Å². The zero-order valence-electron chi connectivity index (χ0n) is 21.9. The van der Waals surface area contributed by atoms with Crippen molar-refractivity contribution in [3.63, 3.8) is 0 Å². The van der Waals surface area contributed by atoms with Gasteiger partial charge in [0.05, 0.1) is 26.0 Å². The fourth-order valence-corrected chi connectivity index (χ4v) is 4.00. The molecule has 0 radical (unpaired) electrons. The summed E-state index contributed by atoms with van der Waals surface area (Å²) in [6, 6.07) is 13.3. The van der Waals surface area contributed by atoms with Crippen molar-refractivity contribution in [3.8, 4) is 11.5 Å². The minimum Gasteiger partial charge on any atom is -0.493 e. The van der Waals surface area contributed by atoms with E-state index in [1.54, 1.807) is 7.11 Å². The molecule has 8 nitrogen and oxygen atoms in total. The summed E-state index contributed by atoms with van der Waals surface area (Å²) < 4.78 is 11.2. The fourth-order valence-electron chi connectivity index (χ4n) is 4.00. The van der Waals surface area contributed by atoms with E-state index in [9.17, 15) is 9.59 Å². The lowest BCUT2D eigenvalue weighted by molar-refractivity contribution is -0.132. The molecule has 2 aromatic rings. The van der Waals surface area contributed by atoms with E-state index in [1.807, 2.05) is 42.5 Å². The van der Waals surface area contributed by atoms with Crippen LogP contribution in [0.25, 0.3) is 0 Å². The SMILES string of the molecule is CCCOc1cc(C2=NN(Cc3ccc(NC(=O)CCN(CC)CC)cc3)C(=O)CC2)ccc1OC. The van der Waals surface area contributed by atoms with Gasteiger partial charge in [0.2, 0.25) is 11.8 Å². The summed E-state index contributed by atoms with van der Waals surface area (Å²) in [5.74, 6) is 1.34. The van der Waals surface area contributed by atoms with Crippen molar-refractivity contribution in [2.45, 2.75) is 53.0 Å². The van der Waals surface area contributed by atoms with E-state index in [2.05, 4.69) is 36.1 Å². The topological polar surface area (TPSA) is 83.5 Å². The Balaban J connectivity index is 1.65. The smallest absolute Gasteiger partial charge is 0.243 e. The van der Waals surface area contributed by atoms with Gasteiger partial charge in [0, 0.05) is 37.1 Å². The first-order valence-corrected chi connectivity index (χ1v) is 12.8. The van der Waals surface area contributed by atoms with Crippen molar-refractivity contribution in [1.29, 1.82) is 0 Å². The number of rotatable bonds is 13. The van der Waals surface area contributed by atoms with Gasteiger partial charge in [-0.2, -0.15) is 5.10 Å². The van der Waals surface area contributed by atoms with Crippen LogP contribution in [-0.2, 0) is 16.1 Å². The number of ether oxygens (including phenoxy) is 2. The third-order valence-corrected chi connectivity index (χ3v) is 6.18. The molecule has 2 amide bonds. The summed E-state index contributed by atoms with van der Waals surface area (Å²) >= 11 is 0. The Bertz CT molecular complexity index is 1050. The van der Waals surface area contributed by atoms with Gasteiger partial charge in [0.1, 0.15) is 0 Å². The van der Waals surface area contributed by atoms with Gasteiger partial charge in [-0.15, -0.1) is 0 Å². The summed E-state index contributed by atoms with van der Waals surface area (Å²) in [5.41, 5.74) is 3.45. The Morgan fingerprint density at radius 2 is 1.81 bits per heavy atom. The molecule has 0 aliphatic carbocycles. The van der Waals surface area contributed by atoms with Crippen LogP contribution in [0.4, 0.5) is 5.69 Å². The standard InChI is InChI=1S/C28H38N4O4/c1-5-18-36-26-19-22(10-14-25(26)35-4)24-13-15-28(34)32(30-24)20-21-8-11-23(12-9-21)29-27(33)16-17-31(6-2)7-3/h8-12,14,19H,5-7,13,15-18,20H2,1-4H3,(H,29,33). The molecule has 3 rings (SSSR count).